The quantitative estimate of drug-likeness (QED) is 0.194. The van der Waals surface area contributed by atoms with Crippen molar-refractivity contribution in [3.8, 4) is 0 Å². The molecule has 2 spiro atoms. The molecule has 0 N–H and O–H groups in total. The first kappa shape index (κ1) is 24.8. The molecule has 2 saturated heterocycles. The fourth-order valence-corrected chi connectivity index (χ4v) is 12.0. The van der Waals surface area contributed by atoms with Crippen LogP contribution in [0.1, 0.15) is 25.8 Å². The van der Waals surface area contributed by atoms with Gasteiger partial charge in [-0.15, -0.1) is 0 Å². The number of methoxy groups -OCH3 is 1. The Morgan fingerprint density at radius 3 is 2.43 bits per heavy atom. The third-order valence-electron chi connectivity index (χ3n) is 9.22. The van der Waals surface area contributed by atoms with Crippen LogP contribution in [0.2, 0.25) is 19.6 Å². The van der Waals surface area contributed by atoms with Gasteiger partial charge in [0.25, 0.3) is 0 Å². The molecule has 8 atom stereocenters. The average molecular weight is 633 g/mol. The molecule has 2 aliphatic heterocycles. The first-order chi connectivity index (χ1) is 16.2. The highest BCUT2D eigenvalue weighted by atomic mass is 127. The minimum absolute atomic E-state index is 0.103. The molecule has 2 heterocycles. The summed E-state index contributed by atoms with van der Waals surface area (Å²) < 4.78 is 60.6. The minimum atomic E-state index is -4.08. The Hall–Kier alpha value is -0.503. The Labute approximate surface area is 222 Å². The summed E-state index contributed by atoms with van der Waals surface area (Å²) in [7, 11) is -4.52. The first-order valence-electron chi connectivity index (χ1n) is 12.2. The molecule has 4 bridgehead atoms. The van der Waals surface area contributed by atoms with E-state index in [1.54, 1.807) is 31.4 Å². The molecular weight excluding hydrogens is 599 g/mol. The summed E-state index contributed by atoms with van der Waals surface area (Å²) in [4.78, 5) is 0.131. The Morgan fingerprint density at radius 1 is 1.17 bits per heavy atom. The summed E-state index contributed by atoms with van der Waals surface area (Å²) in [6.45, 7) is 13.1. The molecule has 10 heteroatoms. The highest BCUT2D eigenvalue weighted by Gasteiger charge is 2.96. The summed E-state index contributed by atoms with van der Waals surface area (Å²) in [5.74, 6) is -0.676. The number of halogens is 1. The van der Waals surface area contributed by atoms with Gasteiger partial charge >= 0.3 is 10.1 Å². The van der Waals surface area contributed by atoms with Crippen LogP contribution < -0.4 is 0 Å². The summed E-state index contributed by atoms with van der Waals surface area (Å²) in [5, 5.41) is 0. The smallest absolute Gasteiger partial charge is 0.338 e. The highest BCUT2D eigenvalue weighted by molar-refractivity contribution is 14.1. The third kappa shape index (κ3) is 2.67. The summed E-state index contributed by atoms with van der Waals surface area (Å²) in [6, 6.07) is 6.74. The molecule has 0 aromatic heterocycles. The standard InChI is InChI=1S/C25H33IO7SSi/c1-14-8-10-16(11-9-14)34(27,28)32-20-19(26)23-15(2)12-18-24(23,31-18)17-13-30-25(29-4,22(17,20)3)21(23)33-35(5,6)7/h8-11,15,17-18,21H,12-13H2,1-7H3/t15-,17?,18?,21?,22?,23?,24?,25?/m1/s1. The predicted octanol–water partition coefficient (Wildman–Crippen LogP) is 4.75. The van der Waals surface area contributed by atoms with Crippen LogP contribution in [0.3, 0.4) is 0 Å². The van der Waals surface area contributed by atoms with Crippen LogP contribution in [-0.4, -0.2) is 54.0 Å². The number of hydrogen-bond donors (Lipinski definition) is 0. The highest BCUT2D eigenvalue weighted by Crippen LogP contribution is 2.86. The molecule has 35 heavy (non-hydrogen) atoms. The lowest BCUT2D eigenvalue weighted by atomic mass is 9.44. The molecule has 4 fully saturated rings. The van der Waals surface area contributed by atoms with E-state index >= 15 is 0 Å². The van der Waals surface area contributed by atoms with Crippen molar-refractivity contribution in [3.63, 3.8) is 0 Å². The maximum Gasteiger partial charge on any atom is 0.338 e. The molecule has 192 valence electrons. The summed E-state index contributed by atoms with van der Waals surface area (Å²) >= 11 is 2.32. The van der Waals surface area contributed by atoms with Crippen LogP contribution in [0, 0.1) is 29.6 Å². The van der Waals surface area contributed by atoms with Gasteiger partial charge in [0.15, 0.2) is 8.32 Å². The van der Waals surface area contributed by atoms with E-state index in [4.69, 9.17) is 22.8 Å². The van der Waals surface area contributed by atoms with Gasteiger partial charge < -0.3 is 22.8 Å². The third-order valence-corrected chi connectivity index (χ3v) is 12.8. The molecule has 7 unspecified atom stereocenters. The van der Waals surface area contributed by atoms with E-state index in [-0.39, 0.29) is 22.8 Å². The second kappa shape index (κ2) is 7.12. The Balaban J connectivity index is 1.60. The zero-order chi connectivity index (χ0) is 25.4. The van der Waals surface area contributed by atoms with E-state index in [1.165, 1.54) is 0 Å². The van der Waals surface area contributed by atoms with Crippen LogP contribution in [0.5, 0.6) is 0 Å². The molecule has 1 aromatic carbocycles. The van der Waals surface area contributed by atoms with Gasteiger partial charge in [0, 0.05) is 16.6 Å². The van der Waals surface area contributed by atoms with Crippen molar-refractivity contribution in [2.75, 3.05) is 13.7 Å². The van der Waals surface area contributed by atoms with Gasteiger partial charge in [-0.3, -0.25) is 0 Å². The molecule has 7 nitrogen and oxygen atoms in total. The topological polar surface area (TPSA) is 83.6 Å². The lowest BCUT2D eigenvalue weighted by Crippen LogP contribution is -2.77. The maximum absolute atomic E-state index is 13.6. The van der Waals surface area contributed by atoms with Gasteiger partial charge in [0.2, 0.25) is 5.79 Å². The molecule has 1 aromatic rings. The maximum atomic E-state index is 13.6. The van der Waals surface area contributed by atoms with Crippen LogP contribution in [0.25, 0.3) is 0 Å². The fraction of sp³-hybridized carbons (Fsp3) is 0.680. The minimum Gasteiger partial charge on any atom is -0.408 e. The van der Waals surface area contributed by atoms with E-state index in [9.17, 15) is 8.42 Å². The lowest BCUT2D eigenvalue weighted by molar-refractivity contribution is -0.333. The second-order valence-corrected chi connectivity index (χ2v) is 19.0. The van der Waals surface area contributed by atoms with E-state index in [0.29, 0.717) is 12.4 Å². The van der Waals surface area contributed by atoms with Crippen molar-refractivity contribution in [1.82, 2.24) is 0 Å². The molecule has 2 saturated carbocycles. The number of epoxide rings is 1. The molecular formula is C25H33IO7SSi. The van der Waals surface area contributed by atoms with E-state index in [1.807, 2.05) is 13.8 Å². The van der Waals surface area contributed by atoms with Crippen molar-refractivity contribution in [1.29, 1.82) is 0 Å². The normalized spacial score (nSPS) is 45.5. The van der Waals surface area contributed by atoms with Crippen LogP contribution in [0.4, 0.5) is 0 Å². The summed E-state index contributed by atoms with van der Waals surface area (Å²) in [5.41, 5.74) is -0.983. The monoisotopic (exact) mass is 632 g/mol. The van der Waals surface area contributed by atoms with E-state index in [0.717, 1.165) is 15.6 Å². The van der Waals surface area contributed by atoms with Crippen molar-refractivity contribution in [2.45, 2.75) is 75.3 Å². The molecule has 0 radical (unpaired) electrons. The molecule has 0 amide bonds. The lowest BCUT2D eigenvalue weighted by Gasteiger charge is -2.66. The Kier molecular flexibility index (Phi) is 5.05. The zero-order valence-corrected chi connectivity index (χ0v) is 25.2. The van der Waals surface area contributed by atoms with Crippen molar-refractivity contribution >= 4 is 41.0 Å². The van der Waals surface area contributed by atoms with Crippen molar-refractivity contribution in [3.05, 3.63) is 39.2 Å². The summed E-state index contributed by atoms with van der Waals surface area (Å²) in [6.07, 6.45) is 0.563. The Bertz CT molecular complexity index is 1240. The first-order valence-corrected chi connectivity index (χ1v) is 18.1. The number of benzene rings is 1. The predicted molar refractivity (Wildman–Crippen MR) is 140 cm³/mol. The van der Waals surface area contributed by atoms with Crippen molar-refractivity contribution < 1.29 is 31.2 Å². The number of rotatable bonds is 6. The van der Waals surface area contributed by atoms with Crippen molar-refractivity contribution in [2.24, 2.45) is 22.7 Å². The number of aryl methyl sites for hydroxylation is 1. The molecule has 6 aliphatic rings. The zero-order valence-electron chi connectivity index (χ0n) is 21.2. The van der Waals surface area contributed by atoms with Gasteiger partial charge in [-0.1, -0.05) is 24.6 Å². The van der Waals surface area contributed by atoms with Gasteiger partial charge in [-0.2, -0.15) is 8.42 Å². The fourth-order valence-electron chi connectivity index (χ4n) is 7.83. The Morgan fingerprint density at radius 2 is 1.83 bits per heavy atom. The SMILES string of the molecule is COC12OCC3C1(C)C(OS(=O)(=O)c1ccc(C)cc1)=C(I)C1(C2O[Si](C)(C)C)[C@H](C)CC2OC231. The largest absolute Gasteiger partial charge is 0.408 e. The van der Waals surface area contributed by atoms with Crippen LogP contribution in [-0.2, 0) is 32.9 Å². The van der Waals surface area contributed by atoms with E-state index < -0.39 is 46.8 Å². The van der Waals surface area contributed by atoms with Gasteiger partial charge in [0.05, 0.1) is 23.5 Å². The molecule has 7 rings (SSSR count). The number of hydrogen-bond acceptors (Lipinski definition) is 7. The van der Waals surface area contributed by atoms with Gasteiger partial charge in [-0.25, -0.2) is 0 Å². The van der Waals surface area contributed by atoms with E-state index in [2.05, 4.69) is 49.2 Å². The number of ether oxygens (including phenoxy) is 3. The van der Waals surface area contributed by atoms with Crippen LogP contribution in [0.15, 0.2) is 38.5 Å². The van der Waals surface area contributed by atoms with Gasteiger partial charge in [-0.05, 0) is 80.6 Å². The molecule has 4 aliphatic carbocycles. The van der Waals surface area contributed by atoms with Crippen LogP contribution >= 0.6 is 22.6 Å². The second-order valence-electron chi connectivity index (χ2n) is 11.9. The average Bonchev–Trinajstić information content (AvgIpc) is 3.29. The van der Waals surface area contributed by atoms with Gasteiger partial charge in [0.1, 0.15) is 22.4 Å².